The number of aliphatic hydroxyl groups excluding tert-OH is 1. The Balaban J connectivity index is 1.54. The largest absolute Gasteiger partial charge is 0.393 e. The minimum atomic E-state index is -1.32. The number of allylic oxidation sites excluding steroid dienone is 1. The van der Waals surface area contributed by atoms with Crippen molar-refractivity contribution in [3.05, 3.63) is 23.3 Å². The molecule has 0 unspecified atom stereocenters. The summed E-state index contributed by atoms with van der Waals surface area (Å²) < 4.78 is 0. The Morgan fingerprint density at radius 3 is 2.71 bits per heavy atom. The number of rotatable bonds is 0. The molecule has 3 N–H and O–H groups in total. The van der Waals surface area contributed by atoms with Gasteiger partial charge in [0.25, 0.3) is 0 Å². The molecule has 8 atom stereocenters. The standard InChI is InChI=1S/C23H30N2O3/c1-21-7-5-16(26)10-14(21)3-4-17-18(21)6-8-22(2)19(17)11-15-9-13(12-24)20(27)25-23(15,22)28/h3,9,13,16-19,26,28H,4-8,10-11H2,1-2H3,(H,25,27)/t13-,16-,17+,18-,19-,21-,22-,23+/m0/s1. The fourth-order valence-electron chi connectivity index (χ4n) is 7.58. The van der Waals surface area contributed by atoms with Crippen LogP contribution in [0.3, 0.4) is 0 Å². The molecule has 5 nitrogen and oxygen atoms in total. The highest BCUT2D eigenvalue weighted by Crippen LogP contribution is 2.68. The lowest BCUT2D eigenvalue weighted by atomic mass is 9.47. The Hall–Kier alpha value is -1.64. The van der Waals surface area contributed by atoms with Crippen molar-refractivity contribution in [2.75, 3.05) is 0 Å². The van der Waals surface area contributed by atoms with Crippen molar-refractivity contribution in [1.29, 1.82) is 5.26 Å². The van der Waals surface area contributed by atoms with Gasteiger partial charge in [0.2, 0.25) is 5.91 Å². The van der Waals surface area contributed by atoms with Gasteiger partial charge in [-0.05, 0) is 73.7 Å². The zero-order valence-corrected chi connectivity index (χ0v) is 16.7. The zero-order chi connectivity index (χ0) is 19.9. The summed E-state index contributed by atoms with van der Waals surface area (Å²) >= 11 is 0. The van der Waals surface area contributed by atoms with Gasteiger partial charge in [-0.25, -0.2) is 0 Å². The van der Waals surface area contributed by atoms with Crippen LogP contribution in [0.2, 0.25) is 0 Å². The first kappa shape index (κ1) is 18.4. The highest BCUT2D eigenvalue weighted by atomic mass is 16.3. The van der Waals surface area contributed by atoms with E-state index in [2.05, 4.69) is 25.2 Å². The predicted molar refractivity (Wildman–Crippen MR) is 103 cm³/mol. The van der Waals surface area contributed by atoms with Crippen molar-refractivity contribution in [3.8, 4) is 6.07 Å². The van der Waals surface area contributed by atoms with Crippen LogP contribution in [-0.2, 0) is 4.79 Å². The molecule has 0 aromatic carbocycles. The third-order valence-corrected chi connectivity index (χ3v) is 9.29. The Bertz CT molecular complexity index is 841. The second-order valence-electron chi connectivity index (χ2n) is 10.3. The summed E-state index contributed by atoms with van der Waals surface area (Å²) in [5.74, 6) is 0.143. The summed E-state index contributed by atoms with van der Waals surface area (Å²) in [6.45, 7) is 4.52. The van der Waals surface area contributed by atoms with Gasteiger partial charge in [-0.2, -0.15) is 5.26 Å². The number of carbonyl (C=O) groups excluding carboxylic acids is 1. The average molecular weight is 383 g/mol. The summed E-state index contributed by atoms with van der Waals surface area (Å²) in [5, 5.41) is 33.9. The fraction of sp³-hybridized carbons (Fsp3) is 0.739. The number of fused-ring (bicyclic) bond motifs is 7. The van der Waals surface area contributed by atoms with E-state index in [0.717, 1.165) is 50.5 Å². The van der Waals surface area contributed by atoms with Crippen LogP contribution in [0.25, 0.3) is 0 Å². The van der Waals surface area contributed by atoms with E-state index in [-0.39, 0.29) is 17.4 Å². The lowest BCUT2D eigenvalue weighted by molar-refractivity contribution is -0.151. The highest BCUT2D eigenvalue weighted by molar-refractivity contribution is 5.86. The molecule has 1 amide bonds. The Morgan fingerprint density at radius 2 is 1.96 bits per heavy atom. The first-order valence-corrected chi connectivity index (χ1v) is 10.8. The maximum Gasteiger partial charge on any atom is 0.243 e. The second-order valence-corrected chi connectivity index (χ2v) is 10.3. The van der Waals surface area contributed by atoms with Crippen molar-refractivity contribution in [2.45, 2.75) is 70.6 Å². The van der Waals surface area contributed by atoms with E-state index in [0.29, 0.717) is 17.8 Å². The molecule has 1 aliphatic heterocycles. The number of nitriles is 1. The molecule has 0 bridgehead atoms. The van der Waals surface area contributed by atoms with Gasteiger partial charge in [-0.15, -0.1) is 0 Å². The van der Waals surface area contributed by atoms with Crippen molar-refractivity contribution >= 4 is 5.91 Å². The van der Waals surface area contributed by atoms with Crippen LogP contribution < -0.4 is 5.32 Å². The lowest BCUT2D eigenvalue weighted by Gasteiger charge is -2.58. The van der Waals surface area contributed by atoms with Gasteiger partial charge < -0.3 is 15.5 Å². The molecule has 5 aliphatic rings. The van der Waals surface area contributed by atoms with Gasteiger partial charge >= 0.3 is 0 Å². The summed E-state index contributed by atoms with van der Waals surface area (Å²) in [6, 6.07) is 2.05. The quantitative estimate of drug-likeness (QED) is 0.562. The number of aliphatic hydroxyl groups is 2. The number of hydrogen-bond donors (Lipinski definition) is 3. The van der Waals surface area contributed by atoms with E-state index in [9.17, 15) is 20.3 Å². The van der Waals surface area contributed by atoms with Gasteiger partial charge in [-0.3, -0.25) is 4.79 Å². The molecule has 28 heavy (non-hydrogen) atoms. The van der Waals surface area contributed by atoms with E-state index in [1.807, 2.05) is 6.07 Å². The molecule has 5 heteroatoms. The van der Waals surface area contributed by atoms with E-state index in [1.54, 1.807) is 6.08 Å². The van der Waals surface area contributed by atoms with Crippen LogP contribution in [0.4, 0.5) is 0 Å². The topological polar surface area (TPSA) is 93.3 Å². The van der Waals surface area contributed by atoms with Crippen LogP contribution in [-0.4, -0.2) is 27.9 Å². The van der Waals surface area contributed by atoms with Gasteiger partial charge in [0.05, 0.1) is 12.2 Å². The van der Waals surface area contributed by atoms with E-state index in [4.69, 9.17) is 0 Å². The molecule has 150 valence electrons. The minimum absolute atomic E-state index is 0.146. The molecule has 0 radical (unpaired) electrons. The normalized spacial score (nSPS) is 52.1. The zero-order valence-electron chi connectivity index (χ0n) is 16.7. The van der Waals surface area contributed by atoms with Gasteiger partial charge in [0, 0.05) is 5.41 Å². The monoisotopic (exact) mass is 382 g/mol. The number of amides is 1. The molecule has 5 rings (SSSR count). The highest BCUT2D eigenvalue weighted by Gasteiger charge is 2.67. The molecule has 0 spiro atoms. The van der Waals surface area contributed by atoms with Gasteiger partial charge in [0.15, 0.2) is 5.72 Å². The molecule has 0 aromatic heterocycles. The number of nitrogens with one attached hydrogen (secondary N) is 1. The first-order chi connectivity index (χ1) is 13.2. The Labute approximate surface area is 166 Å². The predicted octanol–water partition coefficient (Wildman–Crippen LogP) is 2.80. The number of nitrogens with zero attached hydrogens (tertiary/aromatic N) is 1. The average Bonchev–Trinajstić information content (AvgIpc) is 2.88. The second kappa shape index (κ2) is 5.70. The minimum Gasteiger partial charge on any atom is -0.393 e. The molecule has 3 saturated carbocycles. The maximum absolute atomic E-state index is 12.4. The Morgan fingerprint density at radius 1 is 1.18 bits per heavy atom. The maximum atomic E-state index is 12.4. The summed E-state index contributed by atoms with van der Waals surface area (Å²) in [4.78, 5) is 12.4. The van der Waals surface area contributed by atoms with Crippen molar-refractivity contribution < 1.29 is 15.0 Å². The van der Waals surface area contributed by atoms with Gasteiger partial charge in [-0.1, -0.05) is 31.6 Å². The lowest BCUT2D eigenvalue weighted by Crippen LogP contribution is -2.63. The summed E-state index contributed by atoms with van der Waals surface area (Å²) in [5.41, 5.74) is 0.701. The molecule has 4 aliphatic carbocycles. The molecule has 0 aromatic rings. The molecule has 3 fully saturated rings. The van der Waals surface area contributed by atoms with Gasteiger partial charge in [0.1, 0.15) is 5.92 Å². The Kier molecular flexibility index (Phi) is 3.75. The number of hydrogen-bond acceptors (Lipinski definition) is 4. The van der Waals surface area contributed by atoms with E-state index in [1.165, 1.54) is 5.57 Å². The van der Waals surface area contributed by atoms with Crippen LogP contribution in [0.5, 0.6) is 0 Å². The van der Waals surface area contributed by atoms with Crippen molar-refractivity contribution in [3.63, 3.8) is 0 Å². The third-order valence-electron chi connectivity index (χ3n) is 9.29. The SMILES string of the molecule is C[C@]12CC[C@H](O)CC1=CC[C@@H]1[C@@H]2CC[C@@]2(C)[C@H]1CC1=C[C@@H](C#N)C(=O)N[C@@]12O. The third kappa shape index (κ3) is 2.11. The van der Waals surface area contributed by atoms with Crippen molar-refractivity contribution in [1.82, 2.24) is 5.32 Å². The number of carbonyl (C=O) groups is 1. The smallest absolute Gasteiger partial charge is 0.243 e. The molecular formula is C23H30N2O3. The van der Waals surface area contributed by atoms with E-state index < -0.39 is 17.1 Å². The molecule has 1 heterocycles. The van der Waals surface area contributed by atoms with Crippen LogP contribution in [0.15, 0.2) is 23.3 Å². The van der Waals surface area contributed by atoms with Crippen LogP contribution in [0, 0.1) is 45.8 Å². The molecular weight excluding hydrogens is 352 g/mol. The summed E-state index contributed by atoms with van der Waals surface area (Å²) in [7, 11) is 0. The van der Waals surface area contributed by atoms with E-state index >= 15 is 0 Å². The van der Waals surface area contributed by atoms with Crippen LogP contribution >= 0.6 is 0 Å². The first-order valence-electron chi connectivity index (χ1n) is 10.8. The summed E-state index contributed by atoms with van der Waals surface area (Å²) in [6.07, 6.45) is 10.2. The van der Waals surface area contributed by atoms with Crippen LogP contribution in [0.1, 0.15) is 58.8 Å². The van der Waals surface area contributed by atoms with Crippen molar-refractivity contribution in [2.24, 2.45) is 34.5 Å². The molecule has 0 saturated heterocycles. The fourth-order valence-corrected chi connectivity index (χ4v) is 7.58.